The minimum atomic E-state index is -2.11. The minimum absolute atomic E-state index is 0.0574. The Balaban J connectivity index is 1.88. The van der Waals surface area contributed by atoms with E-state index in [0.29, 0.717) is 22.6 Å². The Morgan fingerprint density at radius 1 is 0.730 bits per heavy atom. The smallest absolute Gasteiger partial charge is 0.343 e. The first-order valence-corrected chi connectivity index (χ1v) is 11.2. The van der Waals surface area contributed by atoms with Crippen LogP contribution in [0.1, 0.15) is 52.0 Å². The van der Waals surface area contributed by atoms with E-state index in [1.165, 1.54) is 38.5 Å². The molecule has 3 aromatic rings. The Bertz CT molecular complexity index is 1370. The van der Waals surface area contributed by atoms with Crippen LogP contribution in [0.4, 0.5) is 17.6 Å². The summed E-state index contributed by atoms with van der Waals surface area (Å²) in [4.78, 5) is 13.0. The second kappa shape index (κ2) is 8.74. The van der Waals surface area contributed by atoms with Gasteiger partial charge in [-0.05, 0) is 35.4 Å². The van der Waals surface area contributed by atoms with Crippen LogP contribution in [0.3, 0.4) is 0 Å². The van der Waals surface area contributed by atoms with Gasteiger partial charge in [0.1, 0.15) is 17.1 Å². The molecule has 0 fully saturated rings. The molecule has 0 aromatic heterocycles. The standard InChI is InChI=1S/C27H22F4O6/c1-26(2)17-9-13(35-11-33-3)5-7-15(17)27(16-8-6-14(10-18(16)26)36-12-34-4)20-19(25(32)37-27)21(28)23(30)24(31)22(20)29/h5-10H,11-12H2,1-4H3. The van der Waals surface area contributed by atoms with Gasteiger partial charge in [0, 0.05) is 30.8 Å². The molecule has 0 saturated heterocycles. The number of carbonyl (C=O) groups excluding carboxylic acids is 1. The van der Waals surface area contributed by atoms with Gasteiger partial charge in [0.2, 0.25) is 0 Å². The lowest BCUT2D eigenvalue weighted by atomic mass is 9.61. The van der Waals surface area contributed by atoms with Crippen molar-refractivity contribution >= 4 is 5.97 Å². The van der Waals surface area contributed by atoms with Gasteiger partial charge in [-0.25, -0.2) is 22.4 Å². The third-order valence-corrected chi connectivity index (χ3v) is 6.84. The lowest BCUT2D eigenvalue weighted by Gasteiger charge is -2.44. The molecular formula is C27H22F4O6. The third-order valence-electron chi connectivity index (χ3n) is 6.84. The fourth-order valence-electron chi connectivity index (χ4n) is 5.19. The molecule has 1 heterocycles. The Labute approximate surface area is 209 Å². The van der Waals surface area contributed by atoms with E-state index in [4.69, 9.17) is 23.7 Å². The lowest BCUT2D eigenvalue weighted by molar-refractivity contribution is 0.0220. The number of carbonyl (C=O) groups is 1. The third kappa shape index (κ3) is 3.42. The zero-order valence-electron chi connectivity index (χ0n) is 20.3. The molecule has 6 nitrogen and oxygen atoms in total. The quantitative estimate of drug-likeness (QED) is 0.145. The van der Waals surface area contributed by atoms with Crippen LogP contribution in [0.5, 0.6) is 11.5 Å². The van der Waals surface area contributed by atoms with E-state index in [1.807, 2.05) is 13.8 Å². The molecular weight excluding hydrogens is 496 g/mol. The molecule has 0 amide bonds. The molecule has 37 heavy (non-hydrogen) atoms. The topological polar surface area (TPSA) is 63.2 Å². The van der Waals surface area contributed by atoms with Crippen molar-refractivity contribution in [3.8, 4) is 11.5 Å². The summed E-state index contributed by atoms with van der Waals surface area (Å²) >= 11 is 0. The van der Waals surface area contributed by atoms with Crippen molar-refractivity contribution in [1.29, 1.82) is 0 Å². The number of methoxy groups -OCH3 is 2. The van der Waals surface area contributed by atoms with Crippen molar-refractivity contribution in [2.75, 3.05) is 27.8 Å². The van der Waals surface area contributed by atoms with Crippen LogP contribution in [-0.4, -0.2) is 33.8 Å². The van der Waals surface area contributed by atoms with Crippen LogP contribution >= 0.6 is 0 Å². The molecule has 1 spiro atoms. The Kier molecular flexibility index (Phi) is 5.91. The number of hydrogen-bond donors (Lipinski definition) is 0. The highest BCUT2D eigenvalue weighted by atomic mass is 19.2. The molecule has 1 aliphatic heterocycles. The van der Waals surface area contributed by atoms with Crippen molar-refractivity contribution in [1.82, 2.24) is 0 Å². The van der Waals surface area contributed by atoms with E-state index in [-0.39, 0.29) is 24.7 Å². The lowest BCUT2D eigenvalue weighted by Crippen LogP contribution is -2.42. The van der Waals surface area contributed by atoms with Crippen molar-refractivity contribution in [2.45, 2.75) is 24.9 Å². The summed E-state index contributed by atoms with van der Waals surface area (Å²) in [7, 11) is 2.91. The van der Waals surface area contributed by atoms with Gasteiger partial charge in [0.15, 0.2) is 42.5 Å². The maximum Gasteiger partial charge on any atom is 0.343 e. The summed E-state index contributed by atoms with van der Waals surface area (Å²) in [5.41, 5.74) is -3.13. The van der Waals surface area contributed by atoms with Crippen molar-refractivity contribution < 1.29 is 46.0 Å². The first-order valence-electron chi connectivity index (χ1n) is 11.2. The maximum atomic E-state index is 15.5. The van der Waals surface area contributed by atoms with Gasteiger partial charge in [0.25, 0.3) is 0 Å². The number of ether oxygens (including phenoxy) is 5. The zero-order chi connectivity index (χ0) is 26.7. The van der Waals surface area contributed by atoms with Gasteiger partial charge in [-0.2, -0.15) is 0 Å². The van der Waals surface area contributed by atoms with E-state index in [2.05, 4.69) is 0 Å². The second-order valence-corrected chi connectivity index (χ2v) is 9.22. The molecule has 0 N–H and O–H groups in total. The van der Waals surface area contributed by atoms with Crippen LogP contribution < -0.4 is 9.47 Å². The van der Waals surface area contributed by atoms with Crippen molar-refractivity contribution in [3.05, 3.63) is 93.0 Å². The van der Waals surface area contributed by atoms with Gasteiger partial charge in [0.05, 0.1) is 5.56 Å². The predicted molar refractivity (Wildman–Crippen MR) is 122 cm³/mol. The van der Waals surface area contributed by atoms with E-state index in [0.717, 1.165) is 0 Å². The zero-order valence-corrected chi connectivity index (χ0v) is 20.3. The minimum Gasteiger partial charge on any atom is -0.468 e. The van der Waals surface area contributed by atoms with Gasteiger partial charge in [-0.3, -0.25) is 0 Å². The van der Waals surface area contributed by atoms with Gasteiger partial charge < -0.3 is 23.7 Å². The number of halogens is 4. The summed E-state index contributed by atoms with van der Waals surface area (Å²) in [6.45, 7) is 3.63. The van der Waals surface area contributed by atoms with Crippen LogP contribution in [0.2, 0.25) is 0 Å². The Hall–Kier alpha value is -3.63. The molecule has 10 heteroatoms. The summed E-state index contributed by atoms with van der Waals surface area (Å²) in [5.74, 6) is -8.20. The van der Waals surface area contributed by atoms with E-state index in [1.54, 1.807) is 12.1 Å². The molecule has 0 radical (unpaired) electrons. The average molecular weight is 518 g/mol. The largest absolute Gasteiger partial charge is 0.468 e. The number of rotatable bonds is 6. The van der Waals surface area contributed by atoms with Crippen LogP contribution in [-0.2, 0) is 25.2 Å². The average Bonchev–Trinajstić information content (AvgIpc) is 3.20. The fourth-order valence-corrected chi connectivity index (χ4v) is 5.19. The number of esters is 1. The number of benzene rings is 3. The van der Waals surface area contributed by atoms with Gasteiger partial charge in [-0.15, -0.1) is 0 Å². The summed E-state index contributed by atoms with van der Waals surface area (Å²) in [6, 6.07) is 9.44. The maximum absolute atomic E-state index is 15.5. The molecule has 0 atom stereocenters. The molecule has 194 valence electrons. The first kappa shape index (κ1) is 25.0. The van der Waals surface area contributed by atoms with Crippen LogP contribution in [0.15, 0.2) is 36.4 Å². The predicted octanol–water partition coefficient (Wildman–Crippen LogP) is 5.31. The van der Waals surface area contributed by atoms with E-state index >= 15 is 4.39 Å². The monoisotopic (exact) mass is 518 g/mol. The first-order chi connectivity index (χ1) is 17.6. The van der Waals surface area contributed by atoms with Crippen LogP contribution in [0.25, 0.3) is 0 Å². The second-order valence-electron chi connectivity index (χ2n) is 9.22. The SMILES string of the molecule is COCOc1ccc2c(c1)C(C)(C)c1cc(OCOC)ccc1C21OC(=O)c2c(F)c(F)c(F)c(F)c21. The molecule has 0 saturated carbocycles. The Morgan fingerprint density at radius 2 is 1.22 bits per heavy atom. The molecule has 0 bridgehead atoms. The molecule has 3 aromatic carbocycles. The normalized spacial score (nSPS) is 16.2. The highest BCUT2D eigenvalue weighted by Crippen LogP contribution is 2.58. The van der Waals surface area contributed by atoms with E-state index in [9.17, 15) is 18.0 Å². The van der Waals surface area contributed by atoms with Crippen molar-refractivity contribution in [2.24, 2.45) is 0 Å². The highest BCUT2D eigenvalue weighted by molar-refractivity contribution is 5.97. The van der Waals surface area contributed by atoms with E-state index < -0.39 is 51.4 Å². The summed E-state index contributed by atoms with van der Waals surface area (Å²) in [5, 5.41) is 0. The fraction of sp³-hybridized carbons (Fsp3) is 0.296. The number of hydrogen-bond acceptors (Lipinski definition) is 6. The summed E-state index contributed by atoms with van der Waals surface area (Å²) < 4.78 is 86.0. The summed E-state index contributed by atoms with van der Waals surface area (Å²) in [6.07, 6.45) is 0. The molecule has 0 unspecified atom stereocenters. The highest BCUT2D eigenvalue weighted by Gasteiger charge is 2.59. The number of fused-ring (bicyclic) bond motifs is 6. The molecule has 5 rings (SSSR count). The molecule has 2 aliphatic rings. The Morgan fingerprint density at radius 3 is 1.70 bits per heavy atom. The van der Waals surface area contributed by atoms with Crippen molar-refractivity contribution in [3.63, 3.8) is 0 Å². The molecule has 1 aliphatic carbocycles. The van der Waals surface area contributed by atoms with Crippen LogP contribution in [0, 0.1) is 23.3 Å². The van der Waals surface area contributed by atoms with Gasteiger partial charge in [-0.1, -0.05) is 26.0 Å². The van der Waals surface area contributed by atoms with Gasteiger partial charge >= 0.3 is 5.97 Å².